The van der Waals surface area contributed by atoms with Crippen molar-refractivity contribution in [2.45, 2.75) is 12.6 Å². The largest absolute Gasteiger partial charge is 0.420 e. The molecule has 3 rings (SSSR count). The minimum absolute atomic E-state index is 0.253. The normalized spacial score (nSPS) is 12.0. The Morgan fingerprint density at radius 1 is 1.38 bits per heavy atom. The number of aromatic nitrogens is 6. The Kier molecular flexibility index (Phi) is 3.00. The standard InChI is InChI=1S/C11H9F3N6O/c1-20-6(2-3-16-20)4-8-17-10(21-19-8)9-7(5-15-18-9)11(12,13)14/h2-3,5H,4H2,1H3,(H,15,18). The Morgan fingerprint density at radius 3 is 2.86 bits per heavy atom. The summed E-state index contributed by atoms with van der Waals surface area (Å²) in [6, 6.07) is 1.76. The molecule has 0 fully saturated rings. The predicted octanol–water partition coefficient (Wildman–Crippen LogP) is 1.80. The van der Waals surface area contributed by atoms with Gasteiger partial charge in [0.2, 0.25) is 0 Å². The average Bonchev–Trinajstić information content (AvgIpc) is 3.10. The van der Waals surface area contributed by atoms with E-state index in [0.717, 1.165) is 5.69 Å². The van der Waals surface area contributed by atoms with Crippen molar-refractivity contribution in [2.75, 3.05) is 0 Å². The fraction of sp³-hybridized carbons (Fsp3) is 0.273. The van der Waals surface area contributed by atoms with Crippen molar-refractivity contribution in [3.8, 4) is 11.6 Å². The van der Waals surface area contributed by atoms with Crippen LogP contribution in [0.4, 0.5) is 13.2 Å². The second-order valence-electron chi connectivity index (χ2n) is 4.30. The molecule has 0 unspecified atom stereocenters. The van der Waals surface area contributed by atoms with Crippen molar-refractivity contribution in [3.05, 3.63) is 35.5 Å². The first-order valence-electron chi connectivity index (χ1n) is 5.85. The molecule has 0 amide bonds. The summed E-state index contributed by atoms with van der Waals surface area (Å²) in [4.78, 5) is 3.95. The summed E-state index contributed by atoms with van der Waals surface area (Å²) in [7, 11) is 1.74. The zero-order valence-corrected chi connectivity index (χ0v) is 10.7. The minimum atomic E-state index is -4.54. The zero-order valence-electron chi connectivity index (χ0n) is 10.7. The molecule has 0 saturated carbocycles. The predicted molar refractivity (Wildman–Crippen MR) is 62.9 cm³/mol. The summed E-state index contributed by atoms with van der Waals surface area (Å²) < 4.78 is 44.8. The Morgan fingerprint density at radius 2 is 2.19 bits per heavy atom. The molecule has 110 valence electrons. The maximum atomic E-state index is 12.8. The van der Waals surface area contributed by atoms with Crippen LogP contribution in [-0.4, -0.2) is 30.1 Å². The fourth-order valence-electron chi connectivity index (χ4n) is 1.83. The highest BCUT2D eigenvalue weighted by atomic mass is 19.4. The van der Waals surface area contributed by atoms with E-state index in [1.807, 2.05) is 0 Å². The van der Waals surface area contributed by atoms with E-state index in [9.17, 15) is 13.2 Å². The third-order valence-electron chi connectivity index (χ3n) is 2.89. The van der Waals surface area contributed by atoms with Crippen molar-refractivity contribution in [3.63, 3.8) is 0 Å². The number of aromatic amines is 1. The van der Waals surface area contributed by atoms with Gasteiger partial charge in [-0.15, -0.1) is 0 Å². The molecule has 0 radical (unpaired) electrons. The van der Waals surface area contributed by atoms with Gasteiger partial charge in [0, 0.05) is 18.9 Å². The molecule has 1 N–H and O–H groups in total. The second kappa shape index (κ2) is 4.72. The second-order valence-corrected chi connectivity index (χ2v) is 4.30. The average molecular weight is 298 g/mol. The number of hydrogen-bond acceptors (Lipinski definition) is 5. The maximum absolute atomic E-state index is 12.8. The summed E-state index contributed by atoms with van der Waals surface area (Å²) in [5.41, 5.74) is -0.479. The summed E-state index contributed by atoms with van der Waals surface area (Å²) in [6.45, 7) is 0. The monoisotopic (exact) mass is 298 g/mol. The van der Waals surface area contributed by atoms with E-state index in [4.69, 9.17) is 4.52 Å². The zero-order chi connectivity index (χ0) is 15.0. The quantitative estimate of drug-likeness (QED) is 0.797. The van der Waals surface area contributed by atoms with E-state index in [2.05, 4.69) is 25.4 Å². The fourth-order valence-corrected chi connectivity index (χ4v) is 1.83. The topological polar surface area (TPSA) is 85.4 Å². The van der Waals surface area contributed by atoms with Gasteiger partial charge in [0.1, 0.15) is 11.3 Å². The van der Waals surface area contributed by atoms with Crippen LogP contribution < -0.4 is 0 Å². The maximum Gasteiger partial charge on any atom is 0.420 e. The Labute approximate surface area is 115 Å². The number of halogens is 3. The lowest BCUT2D eigenvalue weighted by Crippen LogP contribution is -2.05. The molecule has 10 heteroatoms. The molecule has 0 spiro atoms. The van der Waals surface area contributed by atoms with Gasteiger partial charge in [-0.3, -0.25) is 9.78 Å². The molecule has 0 bridgehead atoms. The number of hydrogen-bond donors (Lipinski definition) is 1. The number of alkyl halides is 3. The SMILES string of the molecule is Cn1nccc1Cc1noc(-c2[nH]ncc2C(F)(F)F)n1. The van der Waals surface area contributed by atoms with Crippen LogP contribution in [0, 0.1) is 0 Å². The van der Waals surface area contributed by atoms with E-state index >= 15 is 0 Å². The van der Waals surface area contributed by atoms with Gasteiger partial charge < -0.3 is 4.52 Å². The van der Waals surface area contributed by atoms with E-state index in [0.29, 0.717) is 12.6 Å². The molecular weight excluding hydrogens is 289 g/mol. The molecule has 0 aliphatic rings. The lowest BCUT2D eigenvalue weighted by Gasteiger charge is -2.03. The van der Waals surface area contributed by atoms with Crippen LogP contribution in [0.15, 0.2) is 23.0 Å². The number of rotatable bonds is 3. The summed E-state index contributed by atoms with van der Waals surface area (Å²) in [6.07, 6.45) is -1.96. The van der Waals surface area contributed by atoms with Gasteiger partial charge in [-0.1, -0.05) is 5.16 Å². The van der Waals surface area contributed by atoms with E-state index < -0.39 is 11.7 Å². The first-order valence-corrected chi connectivity index (χ1v) is 5.85. The Hall–Kier alpha value is -2.65. The van der Waals surface area contributed by atoms with Crippen molar-refractivity contribution in [1.82, 2.24) is 30.1 Å². The van der Waals surface area contributed by atoms with Crippen molar-refractivity contribution in [1.29, 1.82) is 0 Å². The van der Waals surface area contributed by atoms with E-state index in [1.165, 1.54) is 0 Å². The number of nitrogens with zero attached hydrogens (tertiary/aromatic N) is 5. The minimum Gasteiger partial charge on any atom is -0.332 e. The van der Waals surface area contributed by atoms with Crippen molar-refractivity contribution >= 4 is 0 Å². The van der Waals surface area contributed by atoms with Crippen LogP contribution in [0.1, 0.15) is 17.1 Å². The van der Waals surface area contributed by atoms with Gasteiger partial charge in [-0.25, -0.2) is 0 Å². The van der Waals surface area contributed by atoms with Crippen molar-refractivity contribution < 1.29 is 17.7 Å². The molecule has 0 atom stereocenters. The third-order valence-corrected chi connectivity index (χ3v) is 2.89. The molecule has 3 aromatic rings. The van der Waals surface area contributed by atoms with Gasteiger partial charge in [0.25, 0.3) is 5.89 Å². The van der Waals surface area contributed by atoms with Crippen LogP contribution in [0.3, 0.4) is 0 Å². The van der Waals surface area contributed by atoms with Crippen LogP contribution in [0.5, 0.6) is 0 Å². The molecule has 3 aromatic heterocycles. The first-order chi connectivity index (χ1) is 9.95. The summed E-state index contributed by atoms with van der Waals surface area (Å²) in [5, 5.41) is 13.3. The van der Waals surface area contributed by atoms with Crippen LogP contribution in [0.25, 0.3) is 11.6 Å². The number of nitrogens with one attached hydrogen (secondary N) is 1. The highest BCUT2D eigenvalue weighted by Gasteiger charge is 2.37. The molecule has 0 aliphatic carbocycles. The molecule has 21 heavy (non-hydrogen) atoms. The Bertz CT molecular complexity index is 756. The molecule has 0 aromatic carbocycles. The first kappa shape index (κ1) is 13.3. The van der Waals surface area contributed by atoms with Gasteiger partial charge in [0.05, 0.1) is 12.6 Å². The van der Waals surface area contributed by atoms with Gasteiger partial charge in [-0.05, 0) is 6.07 Å². The van der Waals surface area contributed by atoms with E-state index in [-0.39, 0.29) is 17.4 Å². The molecule has 3 heterocycles. The summed E-state index contributed by atoms with van der Waals surface area (Å²) in [5.74, 6) is 0.00770. The third kappa shape index (κ3) is 2.51. The van der Waals surface area contributed by atoms with E-state index in [1.54, 1.807) is 24.0 Å². The Balaban J connectivity index is 1.89. The van der Waals surface area contributed by atoms with Crippen LogP contribution >= 0.6 is 0 Å². The van der Waals surface area contributed by atoms with Gasteiger partial charge in [-0.2, -0.15) is 28.4 Å². The van der Waals surface area contributed by atoms with Gasteiger partial charge in [0.15, 0.2) is 5.82 Å². The number of H-pyrrole nitrogens is 1. The number of aryl methyl sites for hydroxylation is 1. The summed E-state index contributed by atoms with van der Waals surface area (Å²) >= 11 is 0. The lowest BCUT2D eigenvalue weighted by molar-refractivity contribution is -0.137. The smallest absolute Gasteiger partial charge is 0.332 e. The molecule has 0 saturated heterocycles. The highest BCUT2D eigenvalue weighted by molar-refractivity contribution is 5.52. The molecule has 7 nitrogen and oxygen atoms in total. The molecule has 0 aliphatic heterocycles. The molecular formula is C11H9F3N6O. The lowest BCUT2D eigenvalue weighted by atomic mass is 10.2. The van der Waals surface area contributed by atoms with Gasteiger partial charge >= 0.3 is 6.18 Å². The van der Waals surface area contributed by atoms with Crippen molar-refractivity contribution in [2.24, 2.45) is 7.05 Å². The highest BCUT2D eigenvalue weighted by Crippen LogP contribution is 2.34. The van der Waals surface area contributed by atoms with Crippen LogP contribution in [-0.2, 0) is 19.6 Å². The van der Waals surface area contributed by atoms with Crippen LogP contribution in [0.2, 0.25) is 0 Å².